The first-order valence-corrected chi connectivity index (χ1v) is 7.66. The Morgan fingerprint density at radius 3 is 2.55 bits per heavy atom. The van der Waals surface area contributed by atoms with Crippen molar-refractivity contribution in [2.24, 2.45) is 5.92 Å². The summed E-state index contributed by atoms with van der Waals surface area (Å²) in [4.78, 5) is 18.3. The smallest absolute Gasteiger partial charge is 0.224 e. The van der Waals surface area contributed by atoms with Gasteiger partial charge in [-0.15, -0.1) is 0 Å². The molecule has 0 radical (unpaired) electrons. The lowest BCUT2D eigenvalue weighted by Gasteiger charge is -2.43. The van der Waals surface area contributed by atoms with Gasteiger partial charge in [-0.1, -0.05) is 31.2 Å². The van der Waals surface area contributed by atoms with Crippen LogP contribution in [0.25, 0.3) is 0 Å². The second-order valence-corrected chi connectivity index (χ2v) is 5.88. The van der Waals surface area contributed by atoms with E-state index in [1.54, 1.807) is 13.1 Å². The minimum Gasteiger partial charge on any atom is -0.363 e. The standard InChI is InChI=1S/C18H21N3O/c1-12-13(2)21(14(3)22)16-9-5-4-8-15(16)18(12)20-17-10-6-7-11-19-17/h4-13,18H,1-3H3,(H,19,20). The molecule has 2 aromatic rings. The fraction of sp³-hybridized carbons (Fsp3) is 0.333. The molecule has 1 aliphatic heterocycles. The number of amides is 1. The molecule has 0 spiro atoms. The van der Waals surface area contributed by atoms with Crippen LogP contribution in [0.15, 0.2) is 48.7 Å². The minimum atomic E-state index is 0.0862. The third-order valence-corrected chi connectivity index (χ3v) is 4.53. The quantitative estimate of drug-likeness (QED) is 0.920. The molecule has 1 N–H and O–H groups in total. The highest BCUT2D eigenvalue weighted by Crippen LogP contribution is 2.41. The van der Waals surface area contributed by atoms with E-state index in [0.717, 1.165) is 17.1 Å². The first kappa shape index (κ1) is 14.6. The van der Waals surface area contributed by atoms with Gasteiger partial charge in [-0.25, -0.2) is 4.98 Å². The molecule has 114 valence electrons. The lowest BCUT2D eigenvalue weighted by molar-refractivity contribution is -0.117. The molecule has 3 unspecified atom stereocenters. The molecular formula is C18H21N3O. The Bertz CT molecular complexity index is 671. The second kappa shape index (κ2) is 5.79. The van der Waals surface area contributed by atoms with Crippen LogP contribution in [0.4, 0.5) is 11.5 Å². The molecule has 4 heteroatoms. The highest BCUT2D eigenvalue weighted by atomic mass is 16.2. The zero-order valence-corrected chi connectivity index (χ0v) is 13.2. The number of rotatable bonds is 2. The van der Waals surface area contributed by atoms with E-state index in [9.17, 15) is 4.79 Å². The third-order valence-electron chi connectivity index (χ3n) is 4.53. The molecule has 0 saturated carbocycles. The topological polar surface area (TPSA) is 45.2 Å². The Morgan fingerprint density at radius 1 is 1.14 bits per heavy atom. The van der Waals surface area contributed by atoms with Crippen molar-refractivity contribution in [3.8, 4) is 0 Å². The van der Waals surface area contributed by atoms with Crippen molar-refractivity contribution < 1.29 is 4.79 Å². The van der Waals surface area contributed by atoms with Crippen molar-refractivity contribution in [2.75, 3.05) is 10.2 Å². The van der Waals surface area contributed by atoms with Crippen molar-refractivity contribution in [1.82, 2.24) is 4.98 Å². The number of fused-ring (bicyclic) bond motifs is 1. The summed E-state index contributed by atoms with van der Waals surface area (Å²) in [7, 11) is 0. The molecule has 1 aromatic heterocycles. The number of benzene rings is 1. The minimum absolute atomic E-state index is 0.0862. The zero-order valence-electron chi connectivity index (χ0n) is 13.2. The number of carbonyl (C=O) groups is 1. The SMILES string of the molecule is CC(=O)N1c2ccccc2C(Nc2ccccn2)C(C)C1C. The van der Waals surface area contributed by atoms with Gasteiger partial charge < -0.3 is 10.2 Å². The summed E-state index contributed by atoms with van der Waals surface area (Å²) in [6.07, 6.45) is 1.78. The van der Waals surface area contributed by atoms with E-state index in [-0.39, 0.29) is 23.9 Å². The fourth-order valence-corrected chi connectivity index (χ4v) is 3.26. The molecule has 0 fully saturated rings. The monoisotopic (exact) mass is 295 g/mol. The Hall–Kier alpha value is -2.36. The Morgan fingerprint density at radius 2 is 1.86 bits per heavy atom. The van der Waals surface area contributed by atoms with Crippen molar-refractivity contribution in [3.05, 3.63) is 54.2 Å². The number of para-hydroxylation sites is 1. The van der Waals surface area contributed by atoms with Gasteiger partial charge in [-0.2, -0.15) is 0 Å². The number of aromatic nitrogens is 1. The molecule has 0 bridgehead atoms. The molecule has 1 amide bonds. The summed E-state index contributed by atoms with van der Waals surface area (Å²) in [6, 6.07) is 14.2. The number of hydrogen-bond acceptors (Lipinski definition) is 3. The first-order valence-electron chi connectivity index (χ1n) is 7.66. The summed E-state index contributed by atoms with van der Waals surface area (Å²) in [6.45, 7) is 5.92. The maximum atomic E-state index is 12.1. The Labute approximate surface area is 131 Å². The van der Waals surface area contributed by atoms with Crippen LogP contribution in [0.5, 0.6) is 0 Å². The highest BCUT2D eigenvalue weighted by molar-refractivity contribution is 5.93. The van der Waals surface area contributed by atoms with Gasteiger partial charge in [0, 0.05) is 30.8 Å². The van der Waals surface area contributed by atoms with E-state index < -0.39 is 0 Å². The van der Waals surface area contributed by atoms with Crippen LogP contribution in [0, 0.1) is 5.92 Å². The number of hydrogen-bond donors (Lipinski definition) is 1. The van der Waals surface area contributed by atoms with Gasteiger partial charge in [-0.3, -0.25) is 4.79 Å². The van der Waals surface area contributed by atoms with Crippen LogP contribution in [0.1, 0.15) is 32.4 Å². The summed E-state index contributed by atoms with van der Waals surface area (Å²) in [5.41, 5.74) is 2.14. The van der Waals surface area contributed by atoms with Crippen LogP contribution in [-0.2, 0) is 4.79 Å². The van der Waals surface area contributed by atoms with Gasteiger partial charge in [0.1, 0.15) is 5.82 Å². The molecule has 1 aliphatic rings. The number of nitrogens with one attached hydrogen (secondary N) is 1. The lowest BCUT2D eigenvalue weighted by Crippen LogP contribution is -2.48. The van der Waals surface area contributed by atoms with E-state index in [4.69, 9.17) is 0 Å². The zero-order chi connectivity index (χ0) is 15.7. The van der Waals surface area contributed by atoms with Crippen LogP contribution >= 0.6 is 0 Å². The second-order valence-electron chi connectivity index (χ2n) is 5.88. The molecule has 0 saturated heterocycles. The number of anilines is 2. The lowest BCUT2D eigenvalue weighted by atomic mass is 9.83. The van der Waals surface area contributed by atoms with Crippen molar-refractivity contribution in [2.45, 2.75) is 32.9 Å². The summed E-state index contributed by atoms with van der Waals surface area (Å²) >= 11 is 0. The van der Waals surface area contributed by atoms with Gasteiger partial charge in [0.05, 0.1) is 6.04 Å². The average Bonchev–Trinajstić information content (AvgIpc) is 2.52. The molecule has 3 atom stereocenters. The molecule has 22 heavy (non-hydrogen) atoms. The summed E-state index contributed by atoms with van der Waals surface area (Å²) in [5.74, 6) is 1.22. The number of pyridine rings is 1. The predicted molar refractivity (Wildman–Crippen MR) is 88.8 cm³/mol. The van der Waals surface area contributed by atoms with Crippen LogP contribution in [0.3, 0.4) is 0 Å². The van der Waals surface area contributed by atoms with E-state index in [1.165, 1.54) is 0 Å². The Kier molecular flexibility index (Phi) is 3.84. The van der Waals surface area contributed by atoms with Crippen LogP contribution in [-0.4, -0.2) is 16.9 Å². The normalized spacial score (nSPS) is 23.8. The predicted octanol–water partition coefficient (Wildman–Crippen LogP) is 3.63. The molecule has 4 nitrogen and oxygen atoms in total. The van der Waals surface area contributed by atoms with E-state index in [0.29, 0.717) is 0 Å². The van der Waals surface area contributed by atoms with Gasteiger partial charge in [-0.05, 0) is 30.7 Å². The van der Waals surface area contributed by atoms with Crippen LogP contribution < -0.4 is 10.2 Å². The molecule has 1 aromatic carbocycles. The van der Waals surface area contributed by atoms with Crippen molar-refractivity contribution in [3.63, 3.8) is 0 Å². The van der Waals surface area contributed by atoms with Gasteiger partial charge in [0.15, 0.2) is 0 Å². The Balaban J connectivity index is 2.03. The van der Waals surface area contributed by atoms with E-state index in [1.807, 2.05) is 41.3 Å². The molecular weight excluding hydrogens is 274 g/mol. The van der Waals surface area contributed by atoms with Crippen molar-refractivity contribution in [1.29, 1.82) is 0 Å². The largest absolute Gasteiger partial charge is 0.363 e. The number of nitrogens with zero attached hydrogens (tertiary/aromatic N) is 2. The van der Waals surface area contributed by atoms with Gasteiger partial charge in [0.25, 0.3) is 0 Å². The van der Waals surface area contributed by atoms with Gasteiger partial charge in [0.2, 0.25) is 5.91 Å². The van der Waals surface area contributed by atoms with Crippen molar-refractivity contribution >= 4 is 17.4 Å². The molecule has 2 heterocycles. The highest BCUT2D eigenvalue weighted by Gasteiger charge is 2.37. The van der Waals surface area contributed by atoms with Gasteiger partial charge >= 0.3 is 0 Å². The number of carbonyl (C=O) groups excluding carboxylic acids is 1. The maximum Gasteiger partial charge on any atom is 0.224 e. The fourth-order valence-electron chi connectivity index (χ4n) is 3.26. The van der Waals surface area contributed by atoms with E-state index in [2.05, 4.69) is 30.2 Å². The maximum absolute atomic E-state index is 12.1. The summed E-state index contributed by atoms with van der Waals surface area (Å²) in [5, 5.41) is 3.53. The average molecular weight is 295 g/mol. The van der Waals surface area contributed by atoms with E-state index >= 15 is 0 Å². The molecule has 0 aliphatic carbocycles. The third kappa shape index (κ3) is 2.45. The summed E-state index contributed by atoms with van der Waals surface area (Å²) < 4.78 is 0. The first-order chi connectivity index (χ1) is 10.6. The molecule has 3 rings (SSSR count). The van der Waals surface area contributed by atoms with Crippen LogP contribution in [0.2, 0.25) is 0 Å².